The van der Waals surface area contributed by atoms with Gasteiger partial charge in [-0.25, -0.2) is 9.07 Å². The number of ketones is 1. The lowest BCUT2D eigenvalue weighted by Gasteiger charge is -2.32. The lowest BCUT2D eigenvalue weighted by molar-refractivity contribution is 0.0545. The van der Waals surface area contributed by atoms with Crippen molar-refractivity contribution < 1.29 is 23.8 Å². The summed E-state index contributed by atoms with van der Waals surface area (Å²) < 4.78 is 25.0. The number of amides is 1. The van der Waals surface area contributed by atoms with Crippen molar-refractivity contribution in [3.05, 3.63) is 105 Å². The van der Waals surface area contributed by atoms with Gasteiger partial charge in [-0.2, -0.15) is 0 Å². The Labute approximate surface area is 275 Å². The predicted octanol–water partition coefficient (Wildman–Crippen LogP) is 5.07. The quantitative estimate of drug-likeness (QED) is 0.221. The predicted molar refractivity (Wildman–Crippen MR) is 179 cm³/mol. The van der Waals surface area contributed by atoms with Gasteiger partial charge in [0.05, 0.1) is 32.9 Å². The largest absolute Gasteiger partial charge is 0.453 e. The van der Waals surface area contributed by atoms with E-state index in [0.29, 0.717) is 50.9 Å². The van der Waals surface area contributed by atoms with E-state index < -0.39 is 22.8 Å². The molecule has 6 rings (SSSR count). The second-order valence-corrected chi connectivity index (χ2v) is 13.5. The number of para-hydroxylation sites is 1. The summed E-state index contributed by atoms with van der Waals surface area (Å²) in [5.41, 5.74) is 0.246. The monoisotopic (exact) mass is 657 g/mol. The van der Waals surface area contributed by atoms with E-state index in [1.807, 2.05) is 18.0 Å². The van der Waals surface area contributed by atoms with Crippen LogP contribution < -0.4 is 10.3 Å². The molecule has 47 heavy (non-hydrogen) atoms. The summed E-state index contributed by atoms with van der Waals surface area (Å²) in [5, 5.41) is 10.6. The van der Waals surface area contributed by atoms with Gasteiger partial charge in [-0.1, -0.05) is 24.3 Å². The van der Waals surface area contributed by atoms with E-state index in [1.165, 1.54) is 28.2 Å². The van der Waals surface area contributed by atoms with E-state index in [-0.39, 0.29) is 30.2 Å². The second-order valence-electron chi connectivity index (χ2n) is 12.5. The average molecular weight is 658 g/mol. The number of piperazine rings is 1. The van der Waals surface area contributed by atoms with Gasteiger partial charge in [0.2, 0.25) is 0 Å². The smallest absolute Gasteiger partial charge is 0.282 e. The summed E-state index contributed by atoms with van der Waals surface area (Å²) in [6.45, 7) is 7.92. The molecular weight excluding hydrogens is 621 g/mol. The van der Waals surface area contributed by atoms with Gasteiger partial charge in [0, 0.05) is 50.6 Å². The lowest BCUT2D eigenvalue weighted by Crippen LogP contribution is -2.46. The van der Waals surface area contributed by atoms with Crippen LogP contribution in [0.5, 0.6) is 11.5 Å². The summed E-state index contributed by atoms with van der Waals surface area (Å²) in [5.74, 6) is -0.887. The van der Waals surface area contributed by atoms with E-state index in [1.54, 1.807) is 74.1 Å². The number of Topliss-reactive ketones (excluding diaryl/α,β-unsaturated/α-hetero) is 1. The number of ether oxygens (including phenoxy) is 1. The van der Waals surface area contributed by atoms with Crippen molar-refractivity contribution in [1.82, 2.24) is 24.1 Å². The Morgan fingerprint density at radius 3 is 2.43 bits per heavy atom. The molecule has 1 fully saturated rings. The van der Waals surface area contributed by atoms with Crippen LogP contribution in [0.2, 0.25) is 0 Å². The Hall–Kier alpha value is -4.65. The fourth-order valence-corrected chi connectivity index (χ4v) is 6.78. The zero-order chi connectivity index (χ0) is 33.5. The zero-order valence-electron chi connectivity index (χ0n) is 26.7. The van der Waals surface area contributed by atoms with Gasteiger partial charge in [0.1, 0.15) is 11.3 Å². The molecule has 0 spiro atoms. The van der Waals surface area contributed by atoms with Crippen molar-refractivity contribution in [1.29, 1.82) is 0 Å². The molecule has 0 saturated carbocycles. The first-order chi connectivity index (χ1) is 22.4. The molecule has 10 nitrogen and oxygen atoms in total. The molecule has 1 saturated heterocycles. The number of rotatable bonds is 9. The summed E-state index contributed by atoms with van der Waals surface area (Å²) in [6.07, 6.45) is 1.34. The van der Waals surface area contributed by atoms with Crippen LogP contribution in [0.1, 0.15) is 45.1 Å². The maximum atomic E-state index is 15.4. The van der Waals surface area contributed by atoms with Crippen molar-refractivity contribution in [2.75, 3.05) is 33.2 Å². The molecule has 3 aromatic heterocycles. The van der Waals surface area contributed by atoms with E-state index in [9.17, 15) is 19.5 Å². The summed E-state index contributed by atoms with van der Waals surface area (Å²) in [4.78, 5) is 49.3. The molecule has 0 aliphatic carbocycles. The minimum absolute atomic E-state index is 0.0161. The van der Waals surface area contributed by atoms with Gasteiger partial charge < -0.3 is 19.6 Å². The molecule has 1 N–H and O–H groups in total. The highest BCUT2D eigenvalue weighted by molar-refractivity contribution is 7.21. The normalized spacial score (nSPS) is 14.1. The van der Waals surface area contributed by atoms with Gasteiger partial charge >= 0.3 is 0 Å². The zero-order valence-corrected chi connectivity index (χ0v) is 27.5. The first-order valence-electron chi connectivity index (χ1n) is 15.4. The molecule has 244 valence electrons. The average Bonchev–Trinajstić information content (AvgIpc) is 3.57. The molecular formula is C35H36FN5O5S. The Morgan fingerprint density at radius 2 is 1.74 bits per heavy atom. The number of benzene rings is 2. The number of aromatic nitrogens is 3. The molecule has 0 unspecified atom stereocenters. The Bertz CT molecular complexity index is 2020. The molecule has 1 aliphatic heterocycles. The van der Waals surface area contributed by atoms with E-state index in [2.05, 4.69) is 9.88 Å². The van der Waals surface area contributed by atoms with E-state index in [0.717, 1.165) is 13.1 Å². The molecule has 0 bridgehead atoms. The van der Waals surface area contributed by atoms with Crippen LogP contribution in [0.3, 0.4) is 0 Å². The van der Waals surface area contributed by atoms with Crippen LogP contribution >= 0.6 is 11.3 Å². The molecule has 1 aliphatic rings. The van der Waals surface area contributed by atoms with E-state index in [4.69, 9.17) is 4.74 Å². The number of nitrogens with zero attached hydrogens (tertiary/aromatic N) is 5. The maximum absolute atomic E-state index is 15.4. The van der Waals surface area contributed by atoms with Crippen molar-refractivity contribution >= 4 is 33.2 Å². The van der Waals surface area contributed by atoms with Gasteiger partial charge in [-0.3, -0.25) is 24.0 Å². The number of pyridine rings is 1. The minimum Gasteiger partial charge on any atom is -0.453 e. The standard InChI is InChI=1S/C35H36FN5O5S/c1-22-31(34(44)41(24-8-6-5-7-9-24)40(22)21-35(2,3)45)27(42)19-23-10-11-28(25(36)18-23)46-29-12-13-37-26-20-30(47-32(26)29)33(43)39-16-14-38(4)15-17-39/h5-13,18,20,45H,14-17,19,21H2,1-4H3. The van der Waals surface area contributed by atoms with Crippen LogP contribution in [0, 0.1) is 12.7 Å². The summed E-state index contributed by atoms with van der Waals surface area (Å²) >= 11 is 1.26. The van der Waals surface area contributed by atoms with Crippen molar-refractivity contribution in [3.63, 3.8) is 0 Å². The van der Waals surface area contributed by atoms with Gasteiger partial charge in [0.25, 0.3) is 11.5 Å². The highest BCUT2D eigenvalue weighted by Gasteiger charge is 2.27. The number of carbonyl (C=O) groups is 2. The number of likely N-dealkylation sites (N-methyl/N-ethyl adjacent to an activating group) is 1. The van der Waals surface area contributed by atoms with Gasteiger partial charge in [-0.05, 0) is 63.7 Å². The third kappa shape index (κ3) is 6.76. The van der Waals surface area contributed by atoms with Gasteiger partial charge in [0.15, 0.2) is 17.3 Å². The number of hydrogen-bond acceptors (Lipinski definition) is 8. The highest BCUT2D eigenvalue weighted by atomic mass is 32.1. The first kappa shape index (κ1) is 32.3. The second kappa shape index (κ2) is 12.9. The molecule has 1 amide bonds. The van der Waals surface area contributed by atoms with Crippen molar-refractivity contribution in [2.45, 2.75) is 39.3 Å². The fraction of sp³-hybridized carbons (Fsp3) is 0.314. The number of carbonyl (C=O) groups excluding carboxylic acids is 2. The third-order valence-electron chi connectivity index (χ3n) is 8.17. The molecule has 0 radical (unpaired) electrons. The number of aliphatic hydroxyl groups is 1. The Morgan fingerprint density at radius 1 is 1.02 bits per heavy atom. The molecule has 0 atom stereocenters. The van der Waals surface area contributed by atoms with E-state index >= 15 is 4.39 Å². The SMILES string of the molecule is Cc1c(C(=O)Cc2ccc(Oc3ccnc4cc(C(=O)N5CCN(C)CC5)sc34)c(F)c2)c(=O)n(-c2ccccc2)n1CC(C)(C)O. The number of fused-ring (bicyclic) bond motifs is 1. The number of thiophene rings is 1. The summed E-state index contributed by atoms with van der Waals surface area (Å²) in [7, 11) is 2.03. The van der Waals surface area contributed by atoms with Crippen LogP contribution in [-0.2, 0) is 13.0 Å². The number of hydrogen-bond donors (Lipinski definition) is 1. The first-order valence-corrected chi connectivity index (χ1v) is 16.2. The Balaban J connectivity index is 1.23. The molecule has 2 aromatic carbocycles. The third-order valence-corrected chi connectivity index (χ3v) is 9.30. The lowest BCUT2D eigenvalue weighted by atomic mass is 10.0. The van der Waals surface area contributed by atoms with Crippen LogP contribution in [0.25, 0.3) is 15.9 Å². The highest BCUT2D eigenvalue weighted by Crippen LogP contribution is 2.36. The molecule has 12 heteroatoms. The topological polar surface area (TPSA) is 110 Å². The summed E-state index contributed by atoms with van der Waals surface area (Å²) in [6, 6.07) is 16.5. The fourth-order valence-electron chi connectivity index (χ4n) is 5.75. The molecule has 4 heterocycles. The van der Waals surface area contributed by atoms with Crippen LogP contribution in [0.4, 0.5) is 4.39 Å². The van der Waals surface area contributed by atoms with Crippen molar-refractivity contribution in [2.24, 2.45) is 0 Å². The van der Waals surface area contributed by atoms with Gasteiger partial charge in [-0.15, -0.1) is 11.3 Å². The van der Waals surface area contributed by atoms with Crippen molar-refractivity contribution in [3.8, 4) is 17.2 Å². The van der Waals surface area contributed by atoms with Crippen LogP contribution in [0.15, 0.2) is 71.7 Å². The minimum atomic E-state index is -1.16. The molecule has 5 aromatic rings. The van der Waals surface area contributed by atoms with Crippen LogP contribution in [-0.4, -0.2) is 79.8 Å². The number of halogens is 1. The Kier molecular flexibility index (Phi) is 8.84. The maximum Gasteiger partial charge on any atom is 0.282 e.